The molecule has 0 bridgehead atoms. The molecule has 0 aromatic rings. The van der Waals surface area contributed by atoms with Crippen LogP contribution in [0.2, 0.25) is 0 Å². The predicted molar refractivity (Wildman–Crippen MR) is 69.2 cm³/mol. The van der Waals surface area contributed by atoms with Crippen LogP contribution < -0.4 is 0 Å². The van der Waals surface area contributed by atoms with E-state index < -0.39 is 0 Å². The average Bonchev–Trinajstić information content (AvgIpc) is 2.38. The van der Waals surface area contributed by atoms with Gasteiger partial charge in [0.25, 0.3) is 0 Å². The molecule has 1 rings (SSSR count). The van der Waals surface area contributed by atoms with Gasteiger partial charge in [-0.2, -0.15) is 0 Å². The predicted octanol–water partition coefficient (Wildman–Crippen LogP) is 3.02. The molecule has 102 valence electrons. The van der Waals surface area contributed by atoms with Crippen LogP contribution in [0.4, 0.5) is 0 Å². The molecule has 1 fully saturated rings. The highest BCUT2D eigenvalue weighted by Crippen LogP contribution is 2.40. The molecule has 0 aromatic carbocycles. The quantitative estimate of drug-likeness (QED) is 0.744. The van der Waals surface area contributed by atoms with Crippen molar-refractivity contribution in [2.75, 3.05) is 6.61 Å². The smallest absolute Gasteiger partial charge is 0.108 e. The first-order valence-corrected chi connectivity index (χ1v) is 6.67. The first-order chi connectivity index (χ1) is 7.75. The second kappa shape index (κ2) is 5.68. The molecule has 0 radical (unpaired) electrons. The van der Waals surface area contributed by atoms with E-state index in [2.05, 4.69) is 34.6 Å². The summed E-state index contributed by atoms with van der Waals surface area (Å²) in [6.07, 6.45) is 0.806. The summed E-state index contributed by atoms with van der Waals surface area (Å²) in [7, 11) is 0. The molecule has 0 N–H and O–H groups in total. The minimum absolute atomic E-state index is 0.0370. The van der Waals surface area contributed by atoms with Crippen molar-refractivity contribution in [3.8, 4) is 0 Å². The Morgan fingerprint density at radius 1 is 1.12 bits per heavy atom. The Kier molecular flexibility index (Phi) is 4.99. The van der Waals surface area contributed by atoms with Crippen molar-refractivity contribution in [3.63, 3.8) is 0 Å². The highest BCUT2D eigenvalue weighted by atomic mass is 16.6. The highest BCUT2D eigenvalue weighted by molar-refractivity contribution is 4.96. The largest absolute Gasteiger partial charge is 0.376 e. The van der Waals surface area contributed by atoms with Crippen LogP contribution >= 0.6 is 0 Å². The van der Waals surface area contributed by atoms with Crippen molar-refractivity contribution >= 4 is 0 Å². The maximum atomic E-state index is 6.04. The maximum absolute atomic E-state index is 6.04. The molecule has 0 unspecified atom stereocenters. The molecule has 0 saturated carbocycles. The third kappa shape index (κ3) is 3.67. The van der Waals surface area contributed by atoms with Gasteiger partial charge in [-0.3, -0.25) is 0 Å². The van der Waals surface area contributed by atoms with Crippen LogP contribution in [0.15, 0.2) is 0 Å². The van der Waals surface area contributed by atoms with E-state index in [0.717, 1.165) is 0 Å². The molecule has 1 aliphatic rings. The van der Waals surface area contributed by atoms with Gasteiger partial charge >= 0.3 is 0 Å². The van der Waals surface area contributed by atoms with Gasteiger partial charge in [0, 0.05) is 5.41 Å². The maximum Gasteiger partial charge on any atom is 0.108 e. The molecule has 0 amide bonds. The molecule has 0 spiro atoms. The Labute approximate surface area is 106 Å². The second-order valence-electron chi connectivity index (χ2n) is 6.13. The number of ether oxygens (including phenoxy) is 3. The summed E-state index contributed by atoms with van der Waals surface area (Å²) in [5.74, 6) is 0. The van der Waals surface area contributed by atoms with Gasteiger partial charge in [0.15, 0.2) is 0 Å². The molecule has 1 heterocycles. The molecule has 3 nitrogen and oxygen atoms in total. The van der Waals surface area contributed by atoms with E-state index in [-0.39, 0.29) is 35.9 Å². The van der Waals surface area contributed by atoms with Gasteiger partial charge in [0.05, 0.1) is 31.0 Å². The minimum atomic E-state index is 0.0370. The van der Waals surface area contributed by atoms with Crippen LogP contribution in [0.1, 0.15) is 48.5 Å². The van der Waals surface area contributed by atoms with Gasteiger partial charge in [-0.1, -0.05) is 13.8 Å². The van der Waals surface area contributed by atoms with Crippen LogP contribution in [-0.2, 0) is 14.2 Å². The molecule has 3 heteroatoms. The number of hydrogen-bond donors (Lipinski definition) is 0. The normalized spacial score (nSPS) is 32.6. The van der Waals surface area contributed by atoms with Crippen molar-refractivity contribution in [2.24, 2.45) is 5.41 Å². The van der Waals surface area contributed by atoms with E-state index in [4.69, 9.17) is 14.2 Å². The highest BCUT2D eigenvalue weighted by Gasteiger charge is 2.49. The van der Waals surface area contributed by atoms with Crippen LogP contribution in [-0.4, -0.2) is 37.1 Å². The number of rotatable bonds is 5. The molecular formula is C14H28O3. The molecule has 17 heavy (non-hydrogen) atoms. The molecular weight excluding hydrogens is 216 g/mol. The zero-order valence-electron chi connectivity index (χ0n) is 12.3. The lowest BCUT2D eigenvalue weighted by atomic mass is 9.82. The summed E-state index contributed by atoms with van der Waals surface area (Å²) in [5, 5.41) is 0. The monoisotopic (exact) mass is 244 g/mol. The summed E-state index contributed by atoms with van der Waals surface area (Å²) in [4.78, 5) is 0. The van der Waals surface area contributed by atoms with Crippen molar-refractivity contribution < 1.29 is 14.2 Å². The zero-order valence-corrected chi connectivity index (χ0v) is 12.3. The Bertz CT molecular complexity index is 236. The van der Waals surface area contributed by atoms with E-state index in [1.54, 1.807) is 0 Å². The van der Waals surface area contributed by atoms with Gasteiger partial charge in [-0.05, 0) is 34.6 Å². The first-order valence-electron chi connectivity index (χ1n) is 6.67. The van der Waals surface area contributed by atoms with Crippen molar-refractivity contribution in [3.05, 3.63) is 0 Å². The number of hydrogen-bond acceptors (Lipinski definition) is 3. The summed E-state index contributed by atoms with van der Waals surface area (Å²) in [6.45, 7) is 15.4. The van der Waals surface area contributed by atoms with Crippen LogP contribution in [0, 0.1) is 5.41 Å². The first kappa shape index (κ1) is 14.9. The Hall–Kier alpha value is -0.120. The third-order valence-corrected chi connectivity index (χ3v) is 3.51. The standard InChI is InChI=1S/C14H28O3/c1-9(2)15-8-12-13(16-10(3)4)14(6,7)11(5)17-12/h9-13H,8H2,1-7H3/t11-,12-,13+/m1/s1. The van der Waals surface area contributed by atoms with E-state index in [1.807, 2.05) is 13.8 Å². The molecule has 0 aliphatic carbocycles. The Balaban J connectivity index is 2.68. The fourth-order valence-electron chi connectivity index (χ4n) is 2.19. The summed E-state index contributed by atoms with van der Waals surface area (Å²) in [6, 6.07) is 0. The lowest BCUT2D eigenvalue weighted by molar-refractivity contribution is -0.0934. The van der Waals surface area contributed by atoms with E-state index in [0.29, 0.717) is 6.61 Å². The van der Waals surface area contributed by atoms with Crippen LogP contribution in [0.5, 0.6) is 0 Å². The fourth-order valence-corrected chi connectivity index (χ4v) is 2.19. The Morgan fingerprint density at radius 2 is 1.71 bits per heavy atom. The zero-order chi connectivity index (χ0) is 13.2. The molecule has 0 aromatic heterocycles. The van der Waals surface area contributed by atoms with E-state index >= 15 is 0 Å². The van der Waals surface area contributed by atoms with E-state index in [9.17, 15) is 0 Å². The molecule has 1 aliphatic heterocycles. The lowest BCUT2D eigenvalue weighted by Crippen LogP contribution is -2.40. The Morgan fingerprint density at radius 3 is 2.18 bits per heavy atom. The second-order valence-corrected chi connectivity index (χ2v) is 6.13. The lowest BCUT2D eigenvalue weighted by Gasteiger charge is -2.31. The van der Waals surface area contributed by atoms with Crippen molar-refractivity contribution in [1.82, 2.24) is 0 Å². The average molecular weight is 244 g/mol. The van der Waals surface area contributed by atoms with Crippen LogP contribution in [0.25, 0.3) is 0 Å². The van der Waals surface area contributed by atoms with Gasteiger partial charge in [-0.15, -0.1) is 0 Å². The molecule has 3 atom stereocenters. The van der Waals surface area contributed by atoms with E-state index in [1.165, 1.54) is 0 Å². The summed E-state index contributed by atoms with van der Waals surface area (Å²) < 4.78 is 17.7. The van der Waals surface area contributed by atoms with Gasteiger partial charge < -0.3 is 14.2 Å². The van der Waals surface area contributed by atoms with Gasteiger partial charge in [0.2, 0.25) is 0 Å². The topological polar surface area (TPSA) is 27.7 Å². The minimum Gasteiger partial charge on any atom is -0.376 e. The van der Waals surface area contributed by atoms with Gasteiger partial charge in [-0.25, -0.2) is 0 Å². The third-order valence-electron chi connectivity index (χ3n) is 3.51. The summed E-state index contributed by atoms with van der Waals surface area (Å²) >= 11 is 0. The van der Waals surface area contributed by atoms with Crippen molar-refractivity contribution in [1.29, 1.82) is 0 Å². The van der Waals surface area contributed by atoms with Gasteiger partial charge in [0.1, 0.15) is 6.10 Å². The van der Waals surface area contributed by atoms with Crippen LogP contribution in [0.3, 0.4) is 0 Å². The SMILES string of the molecule is CC(C)OC[C@H]1O[C@H](C)C(C)(C)[C@H]1OC(C)C. The van der Waals surface area contributed by atoms with Crippen molar-refractivity contribution in [2.45, 2.75) is 79.0 Å². The summed E-state index contributed by atoms with van der Waals surface area (Å²) in [5.41, 5.74) is 0.0370. The fraction of sp³-hybridized carbons (Fsp3) is 1.00. The molecule has 1 saturated heterocycles.